The number of fused-ring (bicyclic) bond motifs is 5. The van der Waals surface area contributed by atoms with Crippen LogP contribution < -0.4 is 0 Å². The van der Waals surface area contributed by atoms with Crippen molar-refractivity contribution < 1.29 is 14.4 Å². The molecule has 0 aliphatic heterocycles. The van der Waals surface area contributed by atoms with E-state index < -0.39 is 0 Å². The van der Waals surface area contributed by atoms with Crippen LogP contribution in [0.4, 0.5) is 0 Å². The summed E-state index contributed by atoms with van der Waals surface area (Å²) in [6, 6.07) is 0. The van der Waals surface area contributed by atoms with Crippen LogP contribution in [-0.2, 0) is 14.4 Å². The molecule has 0 saturated heterocycles. The van der Waals surface area contributed by atoms with E-state index in [-0.39, 0.29) is 28.4 Å². The van der Waals surface area contributed by atoms with Crippen molar-refractivity contribution in [2.24, 2.45) is 40.4 Å². The van der Waals surface area contributed by atoms with Gasteiger partial charge < -0.3 is 0 Å². The number of Topliss-reactive ketones (excluding diaryl/α,β-unsaturated/α-hetero) is 3. The van der Waals surface area contributed by atoms with Crippen LogP contribution in [0.5, 0.6) is 0 Å². The van der Waals surface area contributed by atoms with Crippen molar-refractivity contribution in [2.45, 2.75) is 72.1 Å². The minimum absolute atomic E-state index is 0.0174. The van der Waals surface area contributed by atoms with E-state index in [1.165, 1.54) is 0 Å². The minimum Gasteiger partial charge on any atom is -0.300 e. The average molecular weight is 330 g/mol. The molecular weight excluding hydrogens is 300 g/mol. The van der Waals surface area contributed by atoms with Crippen molar-refractivity contribution in [3.05, 3.63) is 0 Å². The Bertz CT molecular complexity index is 608. The van der Waals surface area contributed by atoms with E-state index in [1.54, 1.807) is 6.92 Å². The van der Waals surface area contributed by atoms with Gasteiger partial charge in [-0.3, -0.25) is 14.4 Å². The molecule has 4 rings (SSSR count). The maximum atomic E-state index is 13.3. The third-order valence-electron chi connectivity index (χ3n) is 8.66. The van der Waals surface area contributed by atoms with Gasteiger partial charge in [0.1, 0.15) is 17.3 Å². The van der Waals surface area contributed by atoms with E-state index in [0.717, 1.165) is 32.1 Å². The van der Waals surface area contributed by atoms with E-state index in [1.807, 2.05) is 0 Å². The lowest BCUT2D eigenvalue weighted by Gasteiger charge is -2.59. The fourth-order valence-corrected chi connectivity index (χ4v) is 7.53. The average Bonchev–Trinajstić information content (AvgIpc) is 2.84. The maximum Gasteiger partial charge on any atom is 0.137 e. The third-order valence-corrected chi connectivity index (χ3v) is 8.66. The first-order valence-electron chi connectivity index (χ1n) is 9.82. The molecule has 0 N–H and O–H groups in total. The molecule has 4 aliphatic carbocycles. The van der Waals surface area contributed by atoms with Crippen LogP contribution in [-0.4, -0.2) is 17.3 Å². The smallest absolute Gasteiger partial charge is 0.137 e. The lowest BCUT2D eigenvalue weighted by molar-refractivity contribution is -0.161. The van der Waals surface area contributed by atoms with E-state index in [9.17, 15) is 14.4 Å². The van der Waals surface area contributed by atoms with Crippen LogP contribution in [0.3, 0.4) is 0 Å². The molecule has 0 spiro atoms. The maximum absolute atomic E-state index is 13.3. The Morgan fingerprint density at radius 1 is 1.04 bits per heavy atom. The number of hydrogen-bond acceptors (Lipinski definition) is 3. The molecule has 4 aliphatic rings. The Hall–Kier alpha value is -0.990. The minimum atomic E-state index is -0.113. The second kappa shape index (κ2) is 5.25. The van der Waals surface area contributed by atoms with Gasteiger partial charge >= 0.3 is 0 Å². The highest BCUT2D eigenvalue weighted by Gasteiger charge is 2.63. The summed E-state index contributed by atoms with van der Waals surface area (Å²) in [5.74, 6) is 2.63. The molecule has 0 heterocycles. The van der Waals surface area contributed by atoms with Gasteiger partial charge in [-0.05, 0) is 67.6 Å². The Balaban J connectivity index is 1.69. The fraction of sp³-hybridized carbons (Fsp3) is 0.857. The molecule has 0 aromatic heterocycles. The first-order valence-corrected chi connectivity index (χ1v) is 9.82. The van der Waals surface area contributed by atoms with E-state index >= 15 is 0 Å². The predicted octanol–water partition coefficient (Wildman–Crippen LogP) is 3.98. The summed E-state index contributed by atoms with van der Waals surface area (Å²) in [7, 11) is 0. The summed E-state index contributed by atoms with van der Waals surface area (Å²) in [5, 5.41) is 0. The zero-order chi connectivity index (χ0) is 17.3. The van der Waals surface area contributed by atoms with Gasteiger partial charge in [0.25, 0.3) is 0 Å². The molecule has 24 heavy (non-hydrogen) atoms. The fourth-order valence-electron chi connectivity index (χ4n) is 7.53. The van der Waals surface area contributed by atoms with Crippen molar-refractivity contribution in [1.82, 2.24) is 0 Å². The number of rotatable bonds is 1. The molecule has 0 bridgehead atoms. The highest BCUT2D eigenvalue weighted by molar-refractivity contribution is 5.87. The Labute approximate surface area is 144 Å². The predicted molar refractivity (Wildman–Crippen MR) is 91.3 cm³/mol. The summed E-state index contributed by atoms with van der Waals surface area (Å²) in [6.07, 6.45) is 7.05. The summed E-state index contributed by atoms with van der Waals surface area (Å²) < 4.78 is 0. The molecule has 0 aromatic carbocycles. The third kappa shape index (κ3) is 2.05. The lowest BCUT2D eigenvalue weighted by Crippen LogP contribution is -2.57. The summed E-state index contributed by atoms with van der Waals surface area (Å²) >= 11 is 0. The summed E-state index contributed by atoms with van der Waals surface area (Å²) in [6.45, 7) is 6.21. The van der Waals surface area contributed by atoms with Crippen LogP contribution in [0, 0.1) is 40.4 Å². The standard InChI is InChI=1S/C21H30O3/c1-12(22)16-6-7-17-15-5-4-13-10-14(23)8-9-20(13,2)19(15)18(24)11-21(16,17)3/h13,15-17,19H,4-11H2,1-3H3/t13-,15-,16+,17-,19+,20-,21+/m0/s1. The van der Waals surface area contributed by atoms with Crippen molar-refractivity contribution in [2.75, 3.05) is 0 Å². The van der Waals surface area contributed by atoms with Gasteiger partial charge in [-0.15, -0.1) is 0 Å². The second-order valence-corrected chi connectivity index (χ2v) is 9.66. The highest BCUT2D eigenvalue weighted by Crippen LogP contribution is 2.66. The van der Waals surface area contributed by atoms with Crippen LogP contribution in [0.2, 0.25) is 0 Å². The molecule has 3 heteroatoms. The van der Waals surface area contributed by atoms with Gasteiger partial charge in [-0.1, -0.05) is 13.8 Å². The van der Waals surface area contributed by atoms with Crippen LogP contribution >= 0.6 is 0 Å². The van der Waals surface area contributed by atoms with Crippen LogP contribution in [0.1, 0.15) is 72.1 Å². The molecule has 4 fully saturated rings. The zero-order valence-electron chi connectivity index (χ0n) is 15.3. The number of carbonyl (C=O) groups excluding carboxylic acids is 3. The Morgan fingerprint density at radius 2 is 1.79 bits per heavy atom. The molecule has 0 aromatic rings. The summed E-state index contributed by atoms with van der Waals surface area (Å²) in [5.41, 5.74) is -0.0959. The van der Waals surface area contributed by atoms with Crippen molar-refractivity contribution in [1.29, 1.82) is 0 Å². The largest absolute Gasteiger partial charge is 0.300 e. The first kappa shape index (κ1) is 16.5. The molecular formula is C21H30O3. The van der Waals surface area contributed by atoms with Crippen molar-refractivity contribution in [3.63, 3.8) is 0 Å². The zero-order valence-corrected chi connectivity index (χ0v) is 15.3. The normalized spacial score (nSPS) is 50.9. The van der Waals surface area contributed by atoms with Gasteiger partial charge in [-0.2, -0.15) is 0 Å². The second-order valence-electron chi connectivity index (χ2n) is 9.66. The number of hydrogen-bond donors (Lipinski definition) is 0. The summed E-state index contributed by atoms with van der Waals surface area (Å²) in [4.78, 5) is 37.4. The monoisotopic (exact) mass is 330 g/mol. The van der Waals surface area contributed by atoms with Gasteiger partial charge in [0.15, 0.2) is 0 Å². The Morgan fingerprint density at radius 3 is 2.50 bits per heavy atom. The first-order chi connectivity index (χ1) is 11.3. The van der Waals surface area contributed by atoms with Gasteiger partial charge in [0.05, 0.1) is 0 Å². The van der Waals surface area contributed by atoms with Gasteiger partial charge in [0, 0.05) is 31.1 Å². The number of ketones is 3. The van der Waals surface area contributed by atoms with E-state index in [4.69, 9.17) is 0 Å². The van der Waals surface area contributed by atoms with Crippen LogP contribution in [0.15, 0.2) is 0 Å². The SMILES string of the molecule is CC(=O)[C@H]1CC[C@H]2[C@@H]3CC[C@H]4CC(=O)CC[C@]4(C)[C@H]3C(=O)C[C@]12C. The van der Waals surface area contributed by atoms with Crippen molar-refractivity contribution >= 4 is 17.3 Å². The quantitative estimate of drug-likeness (QED) is 0.730. The van der Waals surface area contributed by atoms with Crippen LogP contribution in [0.25, 0.3) is 0 Å². The molecule has 7 atom stereocenters. The molecule has 4 saturated carbocycles. The van der Waals surface area contributed by atoms with Gasteiger partial charge in [-0.25, -0.2) is 0 Å². The Kier molecular flexibility index (Phi) is 3.61. The van der Waals surface area contributed by atoms with E-state index in [0.29, 0.717) is 48.6 Å². The van der Waals surface area contributed by atoms with Gasteiger partial charge in [0.2, 0.25) is 0 Å². The molecule has 132 valence electrons. The van der Waals surface area contributed by atoms with Crippen molar-refractivity contribution in [3.8, 4) is 0 Å². The molecule has 0 amide bonds. The topological polar surface area (TPSA) is 51.2 Å². The highest BCUT2D eigenvalue weighted by atomic mass is 16.1. The lowest BCUT2D eigenvalue weighted by atomic mass is 9.44. The molecule has 3 nitrogen and oxygen atoms in total. The molecule has 0 unspecified atom stereocenters. The number of carbonyl (C=O) groups is 3. The van der Waals surface area contributed by atoms with E-state index in [2.05, 4.69) is 13.8 Å². The molecule has 0 radical (unpaired) electrons.